The molecule has 3 heterocycles. The molecule has 6 nitrogen and oxygen atoms in total. The molecule has 0 unspecified atom stereocenters. The average molecular weight is 361 g/mol. The summed E-state index contributed by atoms with van der Waals surface area (Å²) in [5, 5.41) is 4.01. The normalized spacial score (nSPS) is 10.9. The lowest BCUT2D eigenvalue weighted by Gasteiger charge is -2.12. The number of primary amides is 1. The van der Waals surface area contributed by atoms with Gasteiger partial charge in [-0.1, -0.05) is 18.2 Å². The van der Waals surface area contributed by atoms with Crippen molar-refractivity contribution < 1.29 is 9.18 Å². The van der Waals surface area contributed by atoms with E-state index >= 15 is 0 Å². The highest BCUT2D eigenvalue weighted by molar-refractivity contribution is 6.05. The van der Waals surface area contributed by atoms with Gasteiger partial charge in [-0.25, -0.2) is 9.37 Å². The van der Waals surface area contributed by atoms with Crippen LogP contribution in [0.1, 0.15) is 15.9 Å². The number of fused-ring (bicyclic) bond motifs is 1. The molecular weight excluding hydrogens is 345 g/mol. The second-order valence-electron chi connectivity index (χ2n) is 6.04. The van der Waals surface area contributed by atoms with Gasteiger partial charge in [0.1, 0.15) is 17.3 Å². The number of amides is 1. The van der Waals surface area contributed by atoms with E-state index in [1.807, 2.05) is 18.2 Å². The summed E-state index contributed by atoms with van der Waals surface area (Å²) in [7, 11) is 0. The van der Waals surface area contributed by atoms with Crippen molar-refractivity contribution in [1.29, 1.82) is 0 Å². The van der Waals surface area contributed by atoms with E-state index in [2.05, 4.69) is 20.3 Å². The number of carbonyl (C=O) groups is 1. The monoisotopic (exact) mass is 361 g/mol. The van der Waals surface area contributed by atoms with Crippen LogP contribution in [0.2, 0.25) is 0 Å². The van der Waals surface area contributed by atoms with Gasteiger partial charge in [0.05, 0.1) is 5.56 Å². The minimum atomic E-state index is -0.812. The van der Waals surface area contributed by atoms with Gasteiger partial charge >= 0.3 is 0 Å². The Morgan fingerprint density at radius 2 is 2.07 bits per heavy atom. The Balaban J connectivity index is 1.80. The van der Waals surface area contributed by atoms with Crippen LogP contribution in [0, 0.1) is 5.82 Å². The fraction of sp³-hybridized carbons (Fsp3) is 0.0500. The first-order valence-electron chi connectivity index (χ1n) is 8.33. The summed E-state index contributed by atoms with van der Waals surface area (Å²) in [6.45, 7) is 0.526. The first kappa shape index (κ1) is 16.7. The molecule has 0 aliphatic rings. The molecule has 0 saturated heterocycles. The van der Waals surface area contributed by atoms with Crippen LogP contribution in [-0.2, 0) is 6.54 Å². The Labute approximate surface area is 154 Å². The predicted octanol–water partition coefficient (Wildman–Crippen LogP) is 3.48. The number of H-pyrrole nitrogens is 1. The molecule has 7 heteroatoms. The van der Waals surface area contributed by atoms with Gasteiger partial charge < -0.3 is 16.0 Å². The van der Waals surface area contributed by atoms with Crippen LogP contribution in [0.15, 0.2) is 61.1 Å². The Bertz CT molecular complexity index is 1120. The largest absolute Gasteiger partial charge is 0.366 e. The maximum Gasteiger partial charge on any atom is 0.252 e. The molecule has 1 amide bonds. The molecular formula is C20H16FN5O. The second kappa shape index (κ2) is 6.87. The molecule has 0 bridgehead atoms. The highest BCUT2D eigenvalue weighted by atomic mass is 19.1. The number of anilines is 1. The van der Waals surface area contributed by atoms with Gasteiger partial charge in [0, 0.05) is 30.5 Å². The van der Waals surface area contributed by atoms with Gasteiger partial charge in [0.2, 0.25) is 0 Å². The van der Waals surface area contributed by atoms with Gasteiger partial charge in [-0.05, 0) is 41.0 Å². The quantitative estimate of drug-likeness (QED) is 0.507. The number of hydrogen-bond donors (Lipinski definition) is 3. The Morgan fingerprint density at radius 3 is 2.85 bits per heavy atom. The number of carbonyl (C=O) groups excluding carboxylic acids is 1. The van der Waals surface area contributed by atoms with Gasteiger partial charge in [0.15, 0.2) is 0 Å². The summed E-state index contributed by atoms with van der Waals surface area (Å²) < 4.78 is 14.2. The molecule has 0 saturated carbocycles. The third-order valence-electron chi connectivity index (χ3n) is 4.28. The summed E-state index contributed by atoms with van der Waals surface area (Å²) in [5.74, 6) is -0.873. The van der Waals surface area contributed by atoms with Gasteiger partial charge in [-0.2, -0.15) is 0 Å². The summed E-state index contributed by atoms with van der Waals surface area (Å²) >= 11 is 0. The van der Waals surface area contributed by atoms with E-state index in [-0.39, 0.29) is 5.56 Å². The minimum Gasteiger partial charge on any atom is -0.366 e. The number of halogens is 1. The summed E-state index contributed by atoms with van der Waals surface area (Å²) in [4.78, 5) is 23.5. The number of hydrogen-bond acceptors (Lipinski definition) is 4. The fourth-order valence-electron chi connectivity index (χ4n) is 3.05. The molecule has 0 aliphatic heterocycles. The van der Waals surface area contributed by atoms with Crippen LogP contribution in [0.25, 0.3) is 22.2 Å². The molecule has 27 heavy (non-hydrogen) atoms. The third-order valence-corrected chi connectivity index (χ3v) is 4.28. The zero-order valence-electron chi connectivity index (χ0n) is 14.2. The molecule has 0 fully saturated rings. The maximum atomic E-state index is 14.2. The molecule has 134 valence electrons. The lowest BCUT2D eigenvalue weighted by Crippen LogP contribution is -2.14. The molecule has 0 atom stereocenters. The van der Waals surface area contributed by atoms with Crippen LogP contribution in [0.3, 0.4) is 0 Å². The standard InChI is InChI=1S/C20H16FN5O/c21-16-5-1-4-13(18(16)19(22)27)15-9-17(26-20-14(15)6-8-24-20)25-11-12-3-2-7-23-10-12/h1-10H,11H2,(H2,22,27)(H2,24,25,26). The topological polar surface area (TPSA) is 96.7 Å². The Hall–Kier alpha value is -3.74. The van der Waals surface area contributed by atoms with Crippen LogP contribution in [0.4, 0.5) is 10.2 Å². The van der Waals surface area contributed by atoms with Crippen molar-refractivity contribution in [3.05, 3.63) is 78.0 Å². The molecule has 0 spiro atoms. The van der Waals surface area contributed by atoms with Crippen molar-refractivity contribution >= 4 is 22.8 Å². The van der Waals surface area contributed by atoms with Crippen molar-refractivity contribution in [2.75, 3.05) is 5.32 Å². The number of nitrogens with one attached hydrogen (secondary N) is 2. The Kier molecular flexibility index (Phi) is 4.25. The van der Waals surface area contributed by atoms with E-state index in [1.54, 1.807) is 36.8 Å². The molecule has 0 radical (unpaired) electrons. The minimum absolute atomic E-state index is 0.135. The smallest absolute Gasteiger partial charge is 0.252 e. The number of rotatable bonds is 5. The zero-order valence-corrected chi connectivity index (χ0v) is 14.2. The van der Waals surface area contributed by atoms with Crippen molar-refractivity contribution in [3.8, 4) is 11.1 Å². The number of nitrogens with zero attached hydrogens (tertiary/aromatic N) is 2. The first-order chi connectivity index (χ1) is 13.1. The van der Waals surface area contributed by atoms with E-state index in [9.17, 15) is 9.18 Å². The number of nitrogens with two attached hydrogens (primary N) is 1. The van der Waals surface area contributed by atoms with Crippen LogP contribution in [0.5, 0.6) is 0 Å². The summed E-state index contributed by atoms with van der Waals surface area (Å²) in [6, 6.07) is 11.9. The second-order valence-corrected chi connectivity index (χ2v) is 6.04. The third kappa shape index (κ3) is 3.22. The van der Waals surface area contributed by atoms with Crippen molar-refractivity contribution in [1.82, 2.24) is 15.0 Å². The maximum absolute atomic E-state index is 14.2. The summed E-state index contributed by atoms with van der Waals surface area (Å²) in [6.07, 6.45) is 5.22. The predicted molar refractivity (Wildman–Crippen MR) is 102 cm³/mol. The number of aromatic nitrogens is 3. The first-order valence-corrected chi connectivity index (χ1v) is 8.33. The van der Waals surface area contributed by atoms with Crippen LogP contribution in [-0.4, -0.2) is 20.9 Å². The van der Waals surface area contributed by atoms with Gasteiger partial charge in [0.25, 0.3) is 5.91 Å². The summed E-state index contributed by atoms with van der Waals surface area (Å²) in [5.41, 5.74) is 8.01. The Morgan fingerprint density at radius 1 is 1.19 bits per heavy atom. The van der Waals surface area contributed by atoms with E-state index in [1.165, 1.54) is 6.07 Å². The van der Waals surface area contributed by atoms with Crippen molar-refractivity contribution in [2.24, 2.45) is 5.73 Å². The van der Waals surface area contributed by atoms with Gasteiger partial charge in [-0.15, -0.1) is 0 Å². The molecule has 4 N–H and O–H groups in total. The van der Waals surface area contributed by atoms with Crippen LogP contribution >= 0.6 is 0 Å². The fourth-order valence-corrected chi connectivity index (χ4v) is 3.05. The van der Waals surface area contributed by atoms with Crippen LogP contribution < -0.4 is 11.1 Å². The average Bonchev–Trinajstić information content (AvgIpc) is 3.14. The van der Waals surface area contributed by atoms with E-state index in [4.69, 9.17) is 5.73 Å². The molecule has 0 aliphatic carbocycles. The lowest BCUT2D eigenvalue weighted by atomic mass is 9.97. The van der Waals surface area contributed by atoms with E-state index in [0.29, 0.717) is 29.1 Å². The molecule has 1 aromatic carbocycles. The van der Waals surface area contributed by atoms with E-state index in [0.717, 1.165) is 10.9 Å². The number of benzene rings is 1. The molecule has 3 aromatic heterocycles. The SMILES string of the molecule is NC(=O)c1c(F)cccc1-c1cc(NCc2cccnc2)nc2[nH]ccc12. The molecule has 4 aromatic rings. The van der Waals surface area contributed by atoms with Crippen molar-refractivity contribution in [2.45, 2.75) is 6.54 Å². The number of aromatic amines is 1. The van der Waals surface area contributed by atoms with Crippen molar-refractivity contribution in [3.63, 3.8) is 0 Å². The highest BCUT2D eigenvalue weighted by Gasteiger charge is 2.18. The lowest BCUT2D eigenvalue weighted by molar-refractivity contribution is 0.0997. The highest BCUT2D eigenvalue weighted by Crippen LogP contribution is 2.33. The molecule has 4 rings (SSSR count). The van der Waals surface area contributed by atoms with E-state index < -0.39 is 11.7 Å². The van der Waals surface area contributed by atoms with Gasteiger partial charge in [-0.3, -0.25) is 9.78 Å². The number of pyridine rings is 2. The zero-order chi connectivity index (χ0) is 18.8.